The highest BCUT2D eigenvalue weighted by molar-refractivity contribution is 7.90. The van der Waals surface area contributed by atoms with Crippen LogP contribution in [0, 0.1) is 4.78 Å². The molecule has 0 aliphatic heterocycles. The van der Waals surface area contributed by atoms with E-state index in [1.807, 2.05) is 18.2 Å². The first-order valence-corrected chi connectivity index (χ1v) is 8.72. The van der Waals surface area contributed by atoms with Crippen LogP contribution in [0.25, 0.3) is 10.9 Å². The minimum absolute atomic E-state index is 0.424. The summed E-state index contributed by atoms with van der Waals surface area (Å²) < 4.78 is 27.4. The molecule has 0 aliphatic rings. The molecule has 3 N–H and O–H groups in total. The molecule has 3 aromatic rings. The van der Waals surface area contributed by atoms with Crippen LogP contribution in [0.1, 0.15) is 0 Å². The summed E-state index contributed by atoms with van der Waals surface area (Å²) in [7, 11) is 0.165. The van der Waals surface area contributed by atoms with E-state index in [0.29, 0.717) is 10.7 Å². The number of hydrogen-bond donors (Lipinski definition) is 3. The molecule has 0 amide bonds. The zero-order valence-corrected chi connectivity index (χ0v) is 14.1. The Morgan fingerprint density at radius 3 is 2.54 bits per heavy atom. The first-order valence-electron chi connectivity index (χ1n) is 7.16. The normalized spacial score (nSPS) is 13.4. The predicted octanol–water partition coefficient (Wildman–Crippen LogP) is 2.92. The van der Waals surface area contributed by atoms with Gasteiger partial charge in [-0.2, -0.15) is 0 Å². The van der Waals surface area contributed by atoms with Gasteiger partial charge in [-0.25, -0.2) is 23.7 Å². The minimum Gasteiger partial charge on any atom is -0.497 e. The minimum atomic E-state index is -2.95. The van der Waals surface area contributed by atoms with Gasteiger partial charge in [0.1, 0.15) is 27.8 Å². The molecule has 7 nitrogen and oxygen atoms in total. The van der Waals surface area contributed by atoms with Crippen LogP contribution in [0.2, 0.25) is 0 Å². The van der Waals surface area contributed by atoms with Gasteiger partial charge in [-0.15, -0.1) is 0 Å². The number of aromatic nitrogens is 2. The molecule has 0 aliphatic carbocycles. The van der Waals surface area contributed by atoms with Gasteiger partial charge in [0.05, 0.1) is 17.5 Å². The van der Waals surface area contributed by atoms with Crippen LogP contribution < -0.4 is 14.8 Å². The summed E-state index contributed by atoms with van der Waals surface area (Å²) in [6.07, 6.45) is 1.48. The molecule has 124 valence electrons. The third-order valence-electron chi connectivity index (χ3n) is 3.58. The third kappa shape index (κ3) is 3.15. The van der Waals surface area contributed by atoms with Crippen molar-refractivity contribution in [1.82, 2.24) is 14.7 Å². The van der Waals surface area contributed by atoms with Crippen molar-refractivity contribution in [2.45, 2.75) is 4.90 Å². The van der Waals surface area contributed by atoms with Crippen molar-refractivity contribution in [1.29, 1.82) is 4.78 Å². The van der Waals surface area contributed by atoms with E-state index < -0.39 is 9.92 Å². The third-order valence-corrected chi connectivity index (χ3v) is 5.09. The second-order valence-corrected chi connectivity index (χ2v) is 7.01. The Labute approximate surface area is 140 Å². The van der Waals surface area contributed by atoms with E-state index in [9.17, 15) is 4.21 Å². The summed E-state index contributed by atoms with van der Waals surface area (Å²) in [4.78, 5) is 8.95. The molecule has 1 unspecified atom stereocenters. The molecule has 0 fully saturated rings. The molecule has 0 spiro atoms. The van der Waals surface area contributed by atoms with Crippen LogP contribution in [-0.4, -0.2) is 28.3 Å². The van der Waals surface area contributed by atoms with Crippen LogP contribution in [0.15, 0.2) is 53.7 Å². The second kappa shape index (κ2) is 6.42. The SMILES string of the molecule is CNS(=N)(=O)c1ccc(Nc2ncnc3cc(OC)ccc23)cc1. The summed E-state index contributed by atoms with van der Waals surface area (Å²) in [5.74, 6) is 1.39. The average Bonchev–Trinajstić information content (AvgIpc) is 2.62. The van der Waals surface area contributed by atoms with Gasteiger partial charge in [0.15, 0.2) is 0 Å². The second-order valence-electron chi connectivity index (χ2n) is 5.02. The van der Waals surface area contributed by atoms with Crippen LogP contribution in [0.3, 0.4) is 0 Å². The Hall–Kier alpha value is -2.71. The number of hydrogen-bond acceptors (Lipinski definition) is 6. The van der Waals surface area contributed by atoms with E-state index in [1.165, 1.54) is 13.4 Å². The molecule has 2 aromatic carbocycles. The number of nitrogens with one attached hydrogen (secondary N) is 3. The number of methoxy groups -OCH3 is 1. The van der Waals surface area contributed by atoms with Gasteiger partial charge in [-0.1, -0.05) is 0 Å². The Balaban J connectivity index is 1.93. The Kier molecular flexibility index (Phi) is 4.32. The summed E-state index contributed by atoms with van der Waals surface area (Å²) in [6.45, 7) is 0. The number of benzene rings is 2. The van der Waals surface area contributed by atoms with Crippen LogP contribution >= 0.6 is 0 Å². The van der Waals surface area contributed by atoms with Crippen molar-refractivity contribution in [2.24, 2.45) is 0 Å². The first kappa shape index (κ1) is 16.2. The molecule has 0 radical (unpaired) electrons. The van der Waals surface area contributed by atoms with Crippen LogP contribution in [0.4, 0.5) is 11.5 Å². The Bertz CT molecular complexity index is 971. The molecular formula is C16H17N5O2S. The zero-order valence-electron chi connectivity index (χ0n) is 13.2. The lowest BCUT2D eigenvalue weighted by atomic mass is 10.2. The maximum atomic E-state index is 12.0. The van der Waals surface area contributed by atoms with Gasteiger partial charge in [0.25, 0.3) is 0 Å². The van der Waals surface area contributed by atoms with Crippen molar-refractivity contribution in [3.63, 3.8) is 0 Å². The molecule has 1 heterocycles. The maximum absolute atomic E-state index is 12.0. The lowest BCUT2D eigenvalue weighted by Gasteiger charge is -2.10. The standard InChI is InChI=1S/C16H17N5O2S/c1-18-24(17,22)13-6-3-11(4-7-13)21-16-14-8-5-12(23-2)9-15(14)19-10-20-16/h3-10H,1-2H3,(H2,17,18,22)(H,19,20,21). The van der Waals surface area contributed by atoms with E-state index in [0.717, 1.165) is 22.3 Å². The topological polar surface area (TPSA) is 100.0 Å². The molecule has 0 bridgehead atoms. The molecule has 1 atom stereocenters. The fraction of sp³-hybridized carbons (Fsp3) is 0.125. The fourth-order valence-electron chi connectivity index (χ4n) is 2.25. The fourth-order valence-corrected chi connectivity index (χ4v) is 3.00. The van der Waals surface area contributed by atoms with Gasteiger partial charge in [-0.05, 0) is 43.4 Å². The highest BCUT2D eigenvalue weighted by Gasteiger charge is 2.08. The summed E-state index contributed by atoms with van der Waals surface area (Å²) >= 11 is 0. The van der Waals surface area contributed by atoms with Gasteiger partial charge in [0, 0.05) is 17.1 Å². The molecule has 8 heteroatoms. The quantitative estimate of drug-likeness (QED) is 0.661. The highest BCUT2D eigenvalue weighted by atomic mass is 32.2. The van der Waals surface area contributed by atoms with E-state index in [1.54, 1.807) is 31.4 Å². The molecule has 0 saturated carbocycles. The van der Waals surface area contributed by atoms with Gasteiger partial charge in [-0.3, -0.25) is 0 Å². The number of nitrogens with zero attached hydrogens (tertiary/aromatic N) is 2. The Morgan fingerprint density at radius 2 is 1.88 bits per heavy atom. The predicted molar refractivity (Wildman–Crippen MR) is 94.0 cm³/mol. The van der Waals surface area contributed by atoms with E-state index in [2.05, 4.69) is 20.0 Å². The van der Waals surface area contributed by atoms with Crippen molar-refractivity contribution >= 4 is 32.3 Å². The number of ether oxygens (including phenoxy) is 1. The van der Waals surface area contributed by atoms with Gasteiger partial charge in [0.2, 0.25) is 0 Å². The largest absolute Gasteiger partial charge is 0.497 e. The summed E-state index contributed by atoms with van der Waals surface area (Å²) in [5.41, 5.74) is 1.55. The lowest BCUT2D eigenvalue weighted by molar-refractivity contribution is 0.415. The number of rotatable bonds is 5. The van der Waals surface area contributed by atoms with Gasteiger partial charge >= 0.3 is 0 Å². The van der Waals surface area contributed by atoms with E-state index >= 15 is 0 Å². The van der Waals surface area contributed by atoms with Crippen LogP contribution in [0.5, 0.6) is 5.75 Å². The highest BCUT2D eigenvalue weighted by Crippen LogP contribution is 2.26. The van der Waals surface area contributed by atoms with Crippen LogP contribution in [-0.2, 0) is 9.92 Å². The zero-order chi connectivity index (χ0) is 17.2. The number of fused-ring (bicyclic) bond motifs is 1. The summed E-state index contributed by atoms with van der Waals surface area (Å²) in [6, 6.07) is 12.4. The Morgan fingerprint density at radius 1 is 1.12 bits per heavy atom. The maximum Gasteiger partial charge on any atom is 0.141 e. The molecular weight excluding hydrogens is 326 g/mol. The molecule has 3 rings (SSSR count). The van der Waals surface area contributed by atoms with E-state index in [4.69, 9.17) is 9.52 Å². The van der Waals surface area contributed by atoms with Gasteiger partial charge < -0.3 is 10.1 Å². The lowest BCUT2D eigenvalue weighted by Crippen LogP contribution is -2.16. The van der Waals surface area contributed by atoms with Crippen molar-refractivity contribution < 1.29 is 8.95 Å². The molecule has 0 saturated heterocycles. The number of anilines is 2. The average molecular weight is 343 g/mol. The van der Waals surface area contributed by atoms with Crippen molar-refractivity contribution in [3.05, 3.63) is 48.8 Å². The van der Waals surface area contributed by atoms with E-state index in [-0.39, 0.29) is 0 Å². The first-order chi connectivity index (χ1) is 11.5. The summed E-state index contributed by atoms with van der Waals surface area (Å²) in [5, 5.41) is 4.08. The van der Waals surface area contributed by atoms with Crippen molar-refractivity contribution in [3.8, 4) is 5.75 Å². The smallest absolute Gasteiger partial charge is 0.141 e. The monoisotopic (exact) mass is 343 g/mol. The van der Waals surface area contributed by atoms with Crippen molar-refractivity contribution in [2.75, 3.05) is 19.5 Å². The molecule has 1 aromatic heterocycles. The molecule has 24 heavy (non-hydrogen) atoms.